The summed E-state index contributed by atoms with van der Waals surface area (Å²) in [5, 5.41) is 3.03. The molecule has 5 heteroatoms. The van der Waals surface area contributed by atoms with Crippen molar-refractivity contribution in [2.45, 2.75) is 58.7 Å². The SMILES string of the molecule is CC[C@H](C(=O)N[C@@H](C)CC)N(Cc1ccc(OC)cc1)C(=O)Cc1ccccc1. The Kier molecular flexibility index (Phi) is 8.71. The molecule has 1 N–H and O–H groups in total. The molecule has 0 saturated heterocycles. The van der Waals surface area contributed by atoms with Crippen LogP contribution in [0.25, 0.3) is 0 Å². The van der Waals surface area contributed by atoms with Gasteiger partial charge in [0.2, 0.25) is 11.8 Å². The van der Waals surface area contributed by atoms with Gasteiger partial charge in [-0.25, -0.2) is 0 Å². The van der Waals surface area contributed by atoms with Gasteiger partial charge in [0.05, 0.1) is 13.5 Å². The predicted molar refractivity (Wildman–Crippen MR) is 116 cm³/mol. The van der Waals surface area contributed by atoms with Crippen molar-refractivity contribution in [1.82, 2.24) is 10.2 Å². The van der Waals surface area contributed by atoms with Crippen LogP contribution in [0.15, 0.2) is 54.6 Å². The average molecular weight is 397 g/mol. The van der Waals surface area contributed by atoms with Crippen molar-refractivity contribution in [3.8, 4) is 5.75 Å². The number of hydrogen-bond donors (Lipinski definition) is 1. The Balaban J connectivity index is 2.26. The third kappa shape index (κ3) is 6.63. The van der Waals surface area contributed by atoms with Gasteiger partial charge in [0.25, 0.3) is 0 Å². The number of rotatable bonds is 10. The van der Waals surface area contributed by atoms with E-state index >= 15 is 0 Å². The molecule has 0 aliphatic rings. The van der Waals surface area contributed by atoms with Crippen LogP contribution in [0.1, 0.15) is 44.7 Å². The van der Waals surface area contributed by atoms with E-state index in [-0.39, 0.29) is 24.3 Å². The van der Waals surface area contributed by atoms with Crippen molar-refractivity contribution >= 4 is 11.8 Å². The van der Waals surface area contributed by atoms with E-state index in [1.165, 1.54) is 0 Å². The maximum atomic E-state index is 13.2. The Bertz CT molecular complexity index is 774. The summed E-state index contributed by atoms with van der Waals surface area (Å²) in [4.78, 5) is 27.8. The van der Waals surface area contributed by atoms with Gasteiger partial charge >= 0.3 is 0 Å². The van der Waals surface area contributed by atoms with E-state index in [0.29, 0.717) is 13.0 Å². The van der Waals surface area contributed by atoms with Crippen molar-refractivity contribution in [2.75, 3.05) is 7.11 Å². The zero-order chi connectivity index (χ0) is 21.2. The molecule has 0 aliphatic carbocycles. The summed E-state index contributed by atoms with van der Waals surface area (Å²) in [5.74, 6) is 0.604. The van der Waals surface area contributed by atoms with Gasteiger partial charge in [0.1, 0.15) is 11.8 Å². The lowest BCUT2D eigenvalue weighted by molar-refractivity contribution is -0.141. The second kappa shape index (κ2) is 11.2. The number of carbonyl (C=O) groups excluding carboxylic acids is 2. The molecule has 2 rings (SSSR count). The minimum absolute atomic E-state index is 0.0573. The number of carbonyl (C=O) groups is 2. The number of amides is 2. The molecular formula is C24H32N2O3. The highest BCUT2D eigenvalue weighted by Gasteiger charge is 2.29. The Morgan fingerprint density at radius 2 is 1.62 bits per heavy atom. The first-order valence-corrected chi connectivity index (χ1v) is 10.2. The van der Waals surface area contributed by atoms with E-state index in [9.17, 15) is 9.59 Å². The number of benzene rings is 2. The third-order valence-electron chi connectivity index (χ3n) is 5.10. The molecule has 2 aromatic carbocycles. The fourth-order valence-corrected chi connectivity index (χ4v) is 3.16. The van der Waals surface area contributed by atoms with Crippen molar-refractivity contribution < 1.29 is 14.3 Å². The molecule has 0 heterocycles. The van der Waals surface area contributed by atoms with Gasteiger partial charge in [0, 0.05) is 12.6 Å². The largest absolute Gasteiger partial charge is 0.497 e. The molecule has 156 valence electrons. The Labute approximate surface area is 174 Å². The molecule has 2 atom stereocenters. The molecule has 0 radical (unpaired) electrons. The Morgan fingerprint density at radius 3 is 2.17 bits per heavy atom. The molecule has 2 amide bonds. The fraction of sp³-hybridized carbons (Fsp3) is 0.417. The number of methoxy groups -OCH3 is 1. The van der Waals surface area contributed by atoms with E-state index in [1.807, 2.05) is 75.4 Å². The third-order valence-corrected chi connectivity index (χ3v) is 5.10. The first-order chi connectivity index (χ1) is 14.0. The molecule has 0 bridgehead atoms. The predicted octanol–water partition coefficient (Wildman–Crippen LogP) is 3.96. The molecule has 0 spiro atoms. The number of hydrogen-bond acceptors (Lipinski definition) is 3. The van der Waals surface area contributed by atoms with Gasteiger partial charge < -0.3 is 15.0 Å². The molecule has 0 saturated carbocycles. The maximum Gasteiger partial charge on any atom is 0.243 e. The van der Waals surface area contributed by atoms with Crippen molar-refractivity contribution in [3.63, 3.8) is 0 Å². The van der Waals surface area contributed by atoms with Gasteiger partial charge in [-0.15, -0.1) is 0 Å². The summed E-state index contributed by atoms with van der Waals surface area (Å²) < 4.78 is 5.22. The van der Waals surface area contributed by atoms with E-state index < -0.39 is 6.04 Å². The fourth-order valence-electron chi connectivity index (χ4n) is 3.16. The summed E-state index contributed by atoms with van der Waals surface area (Å²) >= 11 is 0. The minimum Gasteiger partial charge on any atom is -0.497 e. The van der Waals surface area contributed by atoms with Crippen LogP contribution in [0, 0.1) is 0 Å². The number of ether oxygens (including phenoxy) is 1. The average Bonchev–Trinajstić information content (AvgIpc) is 2.74. The van der Waals surface area contributed by atoms with E-state index in [1.54, 1.807) is 12.0 Å². The van der Waals surface area contributed by atoms with Crippen LogP contribution >= 0.6 is 0 Å². The van der Waals surface area contributed by atoms with Gasteiger partial charge in [-0.05, 0) is 43.0 Å². The summed E-state index contributed by atoms with van der Waals surface area (Å²) in [6, 6.07) is 16.8. The summed E-state index contributed by atoms with van der Waals surface area (Å²) in [7, 11) is 1.62. The van der Waals surface area contributed by atoms with Gasteiger partial charge in [-0.2, -0.15) is 0 Å². The Hall–Kier alpha value is -2.82. The van der Waals surface area contributed by atoms with Crippen LogP contribution in [0.3, 0.4) is 0 Å². The van der Waals surface area contributed by atoms with Crippen LogP contribution in [0.4, 0.5) is 0 Å². The molecule has 0 aliphatic heterocycles. The summed E-state index contributed by atoms with van der Waals surface area (Å²) in [6.45, 7) is 6.32. The number of nitrogens with one attached hydrogen (secondary N) is 1. The topological polar surface area (TPSA) is 58.6 Å². The zero-order valence-corrected chi connectivity index (χ0v) is 17.9. The normalized spacial score (nSPS) is 12.7. The maximum absolute atomic E-state index is 13.2. The van der Waals surface area contributed by atoms with Crippen LogP contribution in [-0.2, 0) is 22.6 Å². The highest BCUT2D eigenvalue weighted by molar-refractivity contribution is 5.88. The molecule has 0 fully saturated rings. The molecule has 0 aromatic heterocycles. The first kappa shape index (κ1) is 22.5. The second-order valence-electron chi connectivity index (χ2n) is 7.27. The van der Waals surface area contributed by atoms with Crippen LogP contribution in [0.2, 0.25) is 0 Å². The quantitative estimate of drug-likeness (QED) is 0.661. The monoisotopic (exact) mass is 396 g/mol. The van der Waals surface area contributed by atoms with Crippen molar-refractivity contribution in [1.29, 1.82) is 0 Å². The van der Waals surface area contributed by atoms with Crippen LogP contribution in [0.5, 0.6) is 5.75 Å². The second-order valence-corrected chi connectivity index (χ2v) is 7.27. The lowest BCUT2D eigenvalue weighted by Crippen LogP contribution is -2.51. The molecule has 0 unspecified atom stereocenters. The summed E-state index contributed by atoms with van der Waals surface area (Å²) in [6.07, 6.45) is 1.67. The lowest BCUT2D eigenvalue weighted by atomic mass is 10.1. The number of nitrogens with zero attached hydrogens (tertiary/aromatic N) is 1. The molecular weight excluding hydrogens is 364 g/mol. The van der Waals surface area contributed by atoms with Gasteiger partial charge in [-0.1, -0.05) is 56.3 Å². The molecule has 5 nitrogen and oxygen atoms in total. The molecule has 2 aromatic rings. The lowest BCUT2D eigenvalue weighted by Gasteiger charge is -2.31. The standard InChI is InChI=1S/C24H32N2O3/c1-5-18(3)25-24(28)22(6-2)26(17-20-12-14-21(29-4)15-13-20)23(27)16-19-10-8-7-9-11-19/h7-15,18,22H,5-6,16-17H2,1-4H3,(H,25,28)/t18-,22+/m0/s1. The van der Waals surface area contributed by atoms with Crippen molar-refractivity contribution in [3.05, 3.63) is 65.7 Å². The smallest absolute Gasteiger partial charge is 0.243 e. The van der Waals surface area contributed by atoms with E-state index in [4.69, 9.17) is 4.74 Å². The van der Waals surface area contributed by atoms with Crippen LogP contribution < -0.4 is 10.1 Å². The van der Waals surface area contributed by atoms with Crippen LogP contribution in [-0.4, -0.2) is 35.9 Å². The minimum atomic E-state index is -0.512. The highest BCUT2D eigenvalue weighted by Crippen LogP contribution is 2.17. The van der Waals surface area contributed by atoms with E-state index in [2.05, 4.69) is 5.32 Å². The van der Waals surface area contributed by atoms with Gasteiger partial charge in [0.15, 0.2) is 0 Å². The van der Waals surface area contributed by atoms with Gasteiger partial charge in [-0.3, -0.25) is 9.59 Å². The van der Waals surface area contributed by atoms with E-state index in [0.717, 1.165) is 23.3 Å². The first-order valence-electron chi connectivity index (χ1n) is 10.2. The summed E-state index contributed by atoms with van der Waals surface area (Å²) in [5.41, 5.74) is 1.90. The van der Waals surface area contributed by atoms with Crippen molar-refractivity contribution in [2.24, 2.45) is 0 Å². The Morgan fingerprint density at radius 1 is 0.966 bits per heavy atom. The zero-order valence-electron chi connectivity index (χ0n) is 17.9. The highest BCUT2D eigenvalue weighted by atomic mass is 16.5. The molecule has 29 heavy (non-hydrogen) atoms.